The third-order valence-electron chi connectivity index (χ3n) is 2.88. The standard InChI is InChI=1S/C13H19BrN2O/c1-2-9-17-12-6-3-7-15-13(12)16-8-4-5-11(14)10-16/h3,6-7,11H,2,4-5,8-10H2,1H3. The molecule has 17 heavy (non-hydrogen) atoms. The topological polar surface area (TPSA) is 25.4 Å². The van der Waals surface area contributed by atoms with Crippen molar-refractivity contribution in [3.8, 4) is 5.75 Å². The Morgan fingerprint density at radius 3 is 3.24 bits per heavy atom. The van der Waals surface area contributed by atoms with Crippen molar-refractivity contribution in [3.05, 3.63) is 18.3 Å². The van der Waals surface area contributed by atoms with Crippen LogP contribution in [0.15, 0.2) is 18.3 Å². The highest BCUT2D eigenvalue weighted by atomic mass is 79.9. The minimum atomic E-state index is 0.567. The molecular weight excluding hydrogens is 280 g/mol. The van der Waals surface area contributed by atoms with Crippen molar-refractivity contribution in [3.63, 3.8) is 0 Å². The van der Waals surface area contributed by atoms with Gasteiger partial charge in [-0.2, -0.15) is 0 Å². The summed E-state index contributed by atoms with van der Waals surface area (Å²) in [5, 5.41) is 0. The predicted molar refractivity (Wildman–Crippen MR) is 74.2 cm³/mol. The van der Waals surface area contributed by atoms with Gasteiger partial charge >= 0.3 is 0 Å². The first-order chi connectivity index (χ1) is 8.31. The van der Waals surface area contributed by atoms with Gasteiger partial charge in [0, 0.05) is 24.1 Å². The van der Waals surface area contributed by atoms with Crippen LogP contribution in [-0.4, -0.2) is 29.5 Å². The van der Waals surface area contributed by atoms with Gasteiger partial charge in [-0.05, 0) is 31.4 Å². The lowest BCUT2D eigenvalue weighted by Crippen LogP contribution is -2.36. The first kappa shape index (κ1) is 12.7. The number of pyridine rings is 1. The highest BCUT2D eigenvalue weighted by Gasteiger charge is 2.21. The fourth-order valence-corrected chi connectivity index (χ4v) is 2.74. The van der Waals surface area contributed by atoms with Gasteiger partial charge in [-0.15, -0.1) is 0 Å². The van der Waals surface area contributed by atoms with Crippen LogP contribution in [0.25, 0.3) is 0 Å². The summed E-state index contributed by atoms with van der Waals surface area (Å²) in [6.45, 7) is 4.96. The molecule has 0 radical (unpaired) electrons. The highest BCUT2D eigenvalue weighted by Crippen LogP contribution is 2.29. The van der Waals surface area contributed by atoms with Gasteiger partial charge in [-0.1, -0.05) is 22.9 Å². The fourth-order valence-electron chi connectivity index (χ4n) is 2.06. The lowest BCUT2D eigenvalue weighted by molar-refractivity contribution is 0.316. The maximum absolute atomic E-state index is 5.76. The van der Waals surface area contributed by atoms with Gasteiger partial charge in [-0.25, -0.2) is 4.98 Å². The first-order valence-corrected chi connectivity index (χ1v) is 7.19. The second kappa shape index (κ2) is 6.24. The van der Waals surface area contributed by atoms with Gasteiger partial charge in [-0.3, -0.25) is 0 Å². The molecular formula is C13H19BrN2O. The number of halogens is 1. The second-order valence-electron chi connectivity index (χ2n) is 4.36. The van der Waals surface area contributed by atoms with E-state index in [0.717, 1.165) is 37.7 Å². The van der Waals surface area contributed by atoms with E-state index in [0.29, 0.717) is 4.83 Å². The number of rotatable bonds is 4. The number of anilines is 1. The predicted octanol–water partition coefficient (Wildman–Crippen LogP) is 3.23. The van der Waals surface area contributed by atoms with Gasteiger partial charge in [0.2, 0.25) is 0 Å². The molecule has 3 nitrogen and oxygen atoms in total. The highest BCUT2D eigenvalue weighted by molar-refractivity contribution is 9.09. The third-order valence-corrected chi connectivity index (χ3v) is 3.62. The maximum atomic E-state index is 5.76. The Kier molecular flexibility index (Phi) is 4.66. The van der Waals surface area contributed by atoms with Gasteiger partial charge in [0.1, 0.15) is 0 Å². The largest absolute Gasteiger partial charge is 0.490 e. The summed E-state index contributed by atoms with van der Waals surface area (Å²) >= 11 is 3.69. The van der Waals surface area contributed by atoms with E-state index >= 15 is 0 Å². The van der Waals surface area contributed by atoms with Gasteiger partial charge in [0.05, 0.1) is 6.61 Å². The summed E-state index contributed by atoms with van der Waals surface area (Å²) in [4.78, 5) is 7.35. The zero-order valence-corrected chi connectivity index (χ0v) is 11.8. The van der Waals surface area contributed by atoms with Crippen LogP contribution >= 0.6 is 15.9 Å². The average Bonchev–Trinajstić information content (AvgIpc) is 2.37. The average molecular weight is 299 g/mol. The maximum Gasteiger partial charge on any atom is 0.171 e. The van der Waals surface area contributed by atoms with E-state index < -0.39 is 0 Å². The number of aromatic nitrogens is 1. The van der Waals surface area contributed by atoms with Crippen LogP contribution in [-0.2, 0) is 0 Å². The number of hydrogen-bond donors (Lipinski definition) is 0. The minimum Gasteiger partial charge on any atom is -0.490 e. The Morgan fingerprint density at radius 1 is 1.59 bits per heavy atom. The molecule has 1 aromatic rings. The number of piperidine rings is 1. The minimum absolute atomic E-state index is 0.567. The Labute approximate surface area is 111 Å². The van der Waals surface area contributed by atoms with Crippen LogP contribution in [0.4, 0.5) is 5.82 Å². The fraction of sp³-hybridized carbons (Fsp3) is 0.615. The van der Waals surface area contributed by atoms with Crippen molar-refractivity contribution in [1.82, 2.24) is 4.98 Å². The van der Waals surface area contributed by atoms with E-state index in [1.807, 2.05) is 18.3 Å². The van der Waals surface area contributed by atoms with Crippen LogP contribution in [0.5, 0.6) is 5.75 Å². The molecule has 94 valence electrons. The van der Waals surface area contributed by atoms with Gasteiger partial charge in [0.15, 0.2) is 11.6 Å². The molecule has 1 aromatic heterocycles. The molecule has 2 rings (SSSR count). The zero-order valence-electron chi connectivity index (χ0n) is 10.2. The number of alkyl halides is 1. The van der Waals surface area contributed by atoms with Crippen LogP contribution in [0.3, 0.4) is 0 Å². The van der Waals surface area contributed by atoms with E-state index in [4.69, 9.17) is 4.74 Å². The summed E-state index contributed by atoms with van der Waals surface area (Å²) in [6, 6.07) is 3.94. The van der Waals surface area contributed by atoms with Crippen molar-refractivity contribution >= 4 is 21.7 Å². The third kappa shape index (κ3) is 3.35. The molecule has 0 N–H and O–H groups in total. The Bertz CT molecular complexity index is 359. The van der Waals surface area contributed by atoms with Crippen LogP contribution in [0.1, 0.15) is 26.2 Å². The molecule has 0 amide bonds. The van der Waals surface area contributed by atoms with Crippen molar-refractivity contribution in [2.75, 3.05) is 24.6 Å². The SMILES string of the molecule is CCCOc1cccnc1N1CCCC(Br)C1. The van der Waals surface area contributed by atoms with Crippen molar-refractivity contribution < 1.29 is 4.74 Å². The number of ether oxygens (including phenoxy) is 1. The molecule has 1 saturated heterocycles. The Hall–Kier alpha value is -0.770. The Morgan fingerprint density at radius 2 is 2.47 bits per heavy atom. The number of nitrogens with zero attached hydrogens (tertiary/aromatic N) is 2. The first-order valence-electron chi connectivity index (χ1n) is 6.28. The molecule has 0 bridgehead atoms. The van der Waals surface area contributed by atoms with Crippen molar-refractivity contribution in [1.29, 1.82) is 0 Å². The van der Waals surface area contributed by atoms with E-state index in [2.05, 4.69) is 32.7 Å². The second-order valence-corrected chi connectivity index (χ2v) is 5.65. The Balaban J connectivity index is 2.12. The van der Waals surface area contributed by atoms with Crippen molar-refractivity contribution in [2.24, 2.45) is 0 Å². The molecule has 4 heteroatoms. The molecule has 0 aromatic carbocycles. The molecule has 0 spiro atoms. The number of hydrogen-bond acceptors (Lipinski definition) is 3. The summed E-state index contributed by atoms with van der Waals surface area (Å²) in [5.74, 6) is 1.90. The van der Waals surface area contributed by atoms with Gasteiger partial charge < -0.3 is 9.64 Å². The van der Waals surface area contributed by atoms with Crippen molar-refractivity contribution in [2.45, 2.75) is 31.0 Å². The monoisotopic (exact) mass is 298 g/mol. The van der Waals surface area contributed by atoms with Crippen LogP contribution in [0, 0.1) is 0 Å². The zero-order chi connectivity index (χ0) is 12.1. The van der Waals surface area contributed by atoms with E-state index in [1.165, 1.54) is 12.8 Å². The smallest absolute Gasteiger partial charge is 0.171 e. The molecule has 0 saturated carbocycles. The molecule has 2 heterocycles. The molecule has 0 aliphatic carbocycles. The van der Waals surface area contributed by atoms with Crippen LogP contribution < -0.4 is 9.64 Å². The van der Waals surface area contributed by atoms with Gasteiger partial charge in [0.25, 0.3) is 0 Å². The lowest BCUT2D eigenvalue weighted by Gasteiger charge is -2.31. The quantitative estimate of drug-likeness (QED) is 0.798. The normalized spacial score (nSPS) is 20.4. The lowest BCUT2D eigenvalue weighted by atomic mass is 10.1. The summed E-state index contributed by atoms with van der Waals surface area (Å²) in [7, 11) is 0. The summed E-state index contributed by atoms with van der Waals surface area (Å²) in [6.07, 6.45) is 5.32. The van der Waals surface area contributed by atoms with Crippen LogP contribution in [0.2, 0.25) is 0 Å². The molecule has 1 aliphatic rings. The summed E-state index contributed by atoms with van der Waals surface area (Å²) < 4.78 is 5.76. The molecule has 1 atom stereocenters. The molecule has 1 fully saturated rings. The summed E-state index contributed by atoms with van der Waals surface area (Å²) in [5.41, 5.74) is 0. The van der Waals surface area contributed by atoms with E-state index in [9.17, 15) is 0 Å². The van der Waals surface area contributed by atoms with E-state index in [1.54, 1.807) is 0 Å². The molecule has 1 aliphatic heterocycles. The molecule has 1 unspecified atom stereocenters. The van der Waals surface area contributed by atoms with E-state index in [-0.39, 0.29) is 0 Å².